The lowest BCUT2D eigenvalue weighted by atomic mass is 9.65. The van der Waals surface area contributed by atoms with Gasteiger partial charge in [0.25, 0.3) is 0 Å². The molecular formula is C12H18O. The first-order chi connectivity index (χ1) is 6.30. The molecule has 4 rings (SSSR count). The largest absolute Gasteiger partial charge is 0.393 e. The van der Waals surface area contributed by atoms with Gasteiger partial charge in [0, 0.05) is 5.41 Å². The highest BCUT2D eigenvalue weighted by Crippen LogP contribution is 2.73. The van der Waals surface area contributed by atoms with Crippen LogP contribution in [0.5, 0.6) is 0 Å². The van der Waals surface area contributed by atoms with E-state index in [4.69, 9.17) is 0 Å². The molecule has 72 valence electrons. The Morgan fingerprint density at radius 3 is 2.77 bits per heavy atom. The van der Waals surface area contributed by atoms with Gasteiger partial charge in [0.15, 0.2) is 0 Å². The van der Waals surface area contributed by atoms with Crippen molar-refractivity contribution in [2.75, 3.05) is 0 Å². The first-order valence-corrected chi connectivity index (χ1v) is 5.99. The summed E-state index contributed by atoms with van der Waals surface area (Å²) < 4.78 is 0. The Hall–Kier alpha value is -0.0400. The van der Waals surface area contributed by atoms with Crippen molar-refractivity contribution in [1.82, 2.24) is 0 Å². The van der Waals surface area contributed by atoms with Gasteiger partial charge in [-0.2, -0.15) is 0 Å². The van der Waals surface area contributed by atoms with E-state index in [1.54, 1.807) is 0 Å². The molecule has 1 spiro atoms. The van der Waals surface area contributed by atoms with Gasteiger partial charge in [0.05, 0.1) is 6.10 Å². The first-order valence-electron chi connectivity index (χ1n) is 5.99. The standard InChI is InChI=1S/C12H18O/c13-11-4-7-3-10-8-1-2-9(5-8)12(10,11)6-7/h7-11,13H,1-6H2/t7-,8+,9+,10-,11+,12-/m1/s1. The zero-order valence-electron chi connectivity index (χ0n) is 8.08. The lowest BCUT2D eigenvalue weighted by molar-refractivity contribution is -0.0344. The van der Waals surface area contributed by atoms with Gasteiger partial charge in [0.2, 0.25) is 0 Å². The van der Waals surface area contributed by atoms with E-state index >= 15 is 0 Å². The monoisotopic (exact) mass is 178 g/mol. The van der Waals surface area contributed by atoms with Crippen LogP contribution in [0.15, 0.2) is 0 Å². The second-order valence-corrected chi connectivity index (χ2v) is 6.05. The lowest BCUT2D eigenvalue weighted by Crippen LogP contribution is -2.41. The van der Waals surface area contributed by atoms with Gasteiger partial charge in [-0.1, -0.05) is 0 Å². The molecule has 0 saturated heterocycles. The quantitative estimate of drug-likeness (QED) is 0.603. The molecule has 0 aliphatic heterocycles. The van der Waals surface area contributed by atoms with Crippen LogP contribution in [0.4, 0.5) is 0 Å². The van der Waals surface area contributed by atoms with Crippen LogP contribution in [-0.4, -0.2) is 11.2 Å². The molecule has 1 N–H and O–H groups in total. The summed E-state index contributed by atoms with van der Waals surface area (Å²) in [7, 11) is 0. The van der Waals surface area contributed by atoms with Gasteiger partial charge >= 0.3 is 0 Å². The highest BCUT2D eigenvalue weighted by molar-refractivity contribution is 5.17. The van der Waals surface area contributed by atoms with Crippen LogP contribution in [0, 0.1) is 29.1 Å². The molecule has 4 aliphatic carbocycles. The van der Waals surface area contributed by atoms with Gasteiger partial charge in [-0.05, 0) is 62.2 Å². The molecule has 0 aromatic carbocycles. The van der Waals surface area contributed by atoms with E-state index in [2.05, 4.69) is 0 Å². The van der Waals surface area contributed by atoms with Crippen LogP contribution in [-0.2, 0) is 0 Å². The number of rotatable bonds is 0. The van der Waals surface area contributed by atoms with Crippen LogP contribution >= 0.6 is 0 Å². The van der Waals surface area contributed by atoms with E-state index in [9.17, 15) is 5.11 Å². The summed E-state index contributed by atoms with van der Waals surface area (Å²) in [5, 5.41) is 10.2. The zero-order valence-corrected chi connectivity index (χ0v) is 8.08. The molecule has 0 amide bonds. The summed E-state index contributed by atoms with van der Waals surface area (Å²) in [6.07, 6.45) is 8.47. The molecule has 1 nitrogen and oxygen atoms in total. The van der Waals surface area contributed by atoms with Gasteiger partial charge in [-0.15, -0.1) is 0 Å². The second kappa shape index (κ2) is 1.98. The van der Waals surface area contributed by atoms with Gasteiger partial charge in [-0.3, -0.25) is 0 Å². The van der Waals surface area contributed by atoms with E-state index in [-0.39, 0.29) is 6.10 Å². The summed E-state index contributed by atoms with van der Waals surface area (Å²) in [6, 6.07) is 0. The molecule has 0 aromatic heterocycles. The third-order valence-corrected chi connectivity index (χ3v) is 5.90. The third-order valence-electron chi connectivity index (χ3n) is 5.90. The molecule has 1 heteroatoms. The molecule has 0 aromatic rings. The van der Waals surface area contributed by atoms with E-state index in [1.807, 2.05) is 0 Å². The predicted octanol–water partition coefficient (Wildman–Crippen LogP) is 2.19. The van der Waals surface area contributed by atoms with Gasteiger partial charge < -0.3 is 5.11 Å². The topological polar surface area (TPSA) is 20.2 Å². The zero-order chi connectivity index (χ0) is 8.63. The first kappa shape index (κ1) is 7.28. The molecule has 0 heterocycles. The van der Waals surface area contributed by atoms with Crippen molar-refractivity contribution in [3.05, 3.63) is 0 Å². The Labute approximate surface area is 79.5 Å². The maximum absolute atomic E-state index is 10.2. The smallest absolute Gasteiger partial charge is 0.0604 e. The number of aliphatic hydroxyl groups is 1. The van der Waals surface area contributed by atoms with Crippen molar-refractivity contribution < 1.29 is 5.11 Å². The fourth-order valence-corrected chi connectivity index (χ4v) is 5.65. The number of hydrogen-bond donors (Lipinski definition) is 1. The van der Waals surface area contributed by atoms with Crippen molar-refractivity contribution >= 4 is 0 Å². The lowest BCUT2D eigenvalue weighted by Gasteiger charge is -2.42. The van der Waals surface area contributed by atoms with E-state index in [1.165, 1.54) is 32.1 Å². The number of fused-ring (bicyclic) bond motifs is 4. The minimum absolute atomic E-state index is 0.0894. The van der Waals surface area contributed by atoms with Crippen LogP contribution < -0.4 is 0 Å². The highest BCUT2D eigenvalue weighted by atomic mass is 16.3. The molecule has 13 heavy (non-hydrogen) atoms. The highest BCUT2D eigenvalue weighted by Gasteiger charge is 2.68. The van der Waals surface area contributed by atoms with Crippen LogP contribution in [0.1, 0.15) is 38.5 Å². The Kier molecular flexibility index (Phi) is 1.11. The van der Waals surface area contributed by atoms with Crippen LogP contribution in [0.3, 0.4) is 0 Å². The SMILES string of the molecule is O[C@H]1C[C@H]2C[C@@H]3[C@H]4CC[C@@H](C4)[C@]31C2. The van der Waals surface area contributed by atoms with Gasteiger partial charge in [-0.25, -0.2) is 0 Å². The molecule has 6 atom stereocenters. The Bertz CT molecular complexity index is 262. The number of aliphatic hydroxyl groups excluding tert-OH is 1. The molecule has 4 bridgehead atoms. The summed E-state index contributed by atoms with van der Waals surface area (Å²) in [6.45, 7) is 0. The molecule has 4 aliphatic rings. The third kappa shape index (κ3) is 0.614. The molecule has 0 unspecified atom stereocenters. The fourth-order valence-electron chi connectivity index (χ4n) is 5.65. The summed E-state index contributed by atoms with van der Waals surface area (Å²) in [4.78, 5) is 0. The summed E-state index contributed by atoms with van der Waals surface area (Å²) >= 11 is 0. The van der Waals surface area contributed by atoms with E-state index < -0.39 is 0 Å². The minimum atomic E-state index is 0.0894. The second-order valence-electron chi connectivity index (χ2n) is 6.05. The average molecular weight is 178 g/mol. The van der Waals surface area contributed by atoms with Gasteiger partial charge in [0.1, 0.15) is 0 Å². The van der Waals surface area contributed by atoms with Crippen molar-refractivity contribution in [1.29, 1.82) is 0 Å². The predicted molar refractivity (Wildman–Crippen MR) is 50.1 cm³/mol. The van der Waals surface area contributed by atoms with Crippen LogP contribution in [0.2, 0.25) is 0 Å². The molecule has 0 radical (unpaired) electrons. The van der Waals surface area contributed by atoms with Crippen molar-refractivity contribution in [3.8, 4) is 0 Å². The molecule has 4 saturated carbocycles. The van der Waals surface area contributed by atoms with Crippen LogP contribution in [0.25, 0.3) is 0 Å². The minimum Gasteiger partial charge on any atom is -0.393 e. The van der Waals surface area contributed by atoms with Crippen molar-refractivity contribution in [2.45, 2.75) is 44.6 Å². The Morgan fingerprint density at radius 2 is 2.00 bits per heavy atom. The maximum atomic E-state index is 10.2. The summed E-state index contributed by atoms with van der Waals surface area (Å²) in [5.74, 6) is 3.79. The molecule has 4 fully saturated rings. The molecular weight excluding hydrogens is 160 g/mol. The fraction of sp³-hybridized carbons (Fsp3) is 1.00. The average Bonchev–Trinajstić information content (AvgIpc) is 2.76. The summed E-state index contributed by atoms with van der Waals surface area (Å²) in [5.41, 5.74) is 0.452. The Balaban J connectivity index is 1.85. The normalized spacial score (nSPS) is 67.6. The van der Waals surface area contributed by atoms with E-state index in [0.717, 1.165) is 30.1 Å². The van der Waals surface area contributed by atoms with Crippen molar-refractivity contribution in [3.63, 3.8) is 0 Å². The van der Waals surface area contributed by atoms with Crippen molar-refractivity contribution in [2.24, 2.45) is 29.1 Å². The number of hydrogen-bond acceptors (Lipinski definition) is 1. The Morgan fingerprint density at radius 1 is 1.08 bits per heavy atom. The van der Waals surface area contributed by atoms with E-state index in [0.29, 0.717) is 5.41 Å². The maximum Gasteiger partial charge on any atom is 0.0604 e.